The van der Waals surface area contributed by atoms with Crippen LogP contribution in [-0.4, -0.2) is 19.7 Å². The van der Waals surface area contributed by atoms with Crippen LogP contribution in [0.1, 0.15) is 5.69 Å². The van der Waals surface area contributed by atoms with Gasteiger partial charge in [-0.2, -0.15) is 4.68 Å². The van der Waals surface area contributed by atoms with Gasteiger partial charge in [0.15, 0.2) is 0 Å². The second-order valence-electron chi connectivity index (χ2n) is 3.93. The van der Waals surface area contributed by atoms with E-state index in [0.29, 0.717) is 21.5 Å². The second-order valence-corrected chi connectivity index (χ2v) is 4.72. The molecule has 3 rings (SSSR count). The minimum absolute atomic E-state index is 0.186. The molecule has 92 valence electrons. The zero-order valence-corrected chi connectivity index (χ0v) is 10.8. The molecule has 0 atom stereocenters. The Kier molecular flexibility index (Phi) is 2.46. The Bertz CT molecular complexity index is 799. The summed E-state index contributed by atoms with van der Waals surface area (Å²) in [4.78, 5) is 19.0. The van der Waals surface area contributed by atoms with Crippen LogP contribution in [0, 0.1) is 6.92 Å². The number of fused-ring (bicyclic) bond motifs is 1. The van der Waals surface area contributed by atoms with Crippen molar-refractivity contribution in [2.75, 3.05) is 0 Å². The third-order valence-corrected chi connectivity index (χ3v) is 3.39. The van der Waals surface area contributed by atoms with Gasteiger partial charge in [-0.25, -0.2) is 4.98 Å². The first kappa shape index (κ1) is 11.4. The highest BCUT2D eigenvalue weighted by Crippen LogP contribution is 2.29. The lowest BCUT2D eigenvalue weighted by atomic mass is 10.3. The molecule has 0 unspecified atom stereocenters. The third-order valence-electron chi connectivity index (χ3n) is 2.59. The molecule has 2 aromatic heterocycles. The fraction of sp³-hybridized carbons (Fsp3) is 0.0909. The number of aryl methyl sites for hydroxylation is 1. The molecule has 0 amide bonds. The van der Waals surface area contributed by atoms with Gasteiger partial charge in [0.05, 0.1) is 15.6 Å². The molecule has 0 bridgehead atoms. The number of halogens is 2. The van der Waals surface area contributed by atoms with Gasteiger partial charge in [0.2, 0.25) is 5.95 Å². The summed E-state index contributed by atoms with van der Waals surface area (Å²) in [6.45, 7) is 1.80. The van der Waals surface area contributed by atoms with Gasteiger partial charge in [0.25, 0.3) is 5.56 Å². The van der Waals surface area contributed by atoms with E-state index in [1.165, 1.54) is 10.7 Å². The van der Waals surface area contributed by atoms with Crippen LogP contribution in [0.15, 0.2) is 23.0 Å². The first-order valence-corrected chi connectivity index (χ1v) is 5.94. The highest BCUT2D eigenvalue weighted by molar-refractivity contribution is 6.44. The number of imidazole rings is 1. The van der Waals surface area contributed by atoms with E-state index in [2.05, 4.69) is 15.1 Å². The van der Waals surface area contributed by atoms with Crippen LogP contribution in [0.4, 0.5) is 0 Å². The van der Waals surface area contributed by atoms with Crippen molar-refractivity contribution in [2.24, 2.45) is 0 Å². The van der Waals surface area contributed by atoms with Crippen molar-refractivity contribution in [3.8, 4) is 5.95 Å². The topological polar surface area (TPSA) is 66.5 Å². The van der Waals surface area contributed by atoms with Crippen molar-refractivity contribution in [1.29, 1.82) is 0 Å². The molecular formula is C11H8Cl2N4O. The van der Waals surface area contributed by atoms with Gasteiger partial charge in [0.1, 0.15) is 5.52 Å². The van der Waals surface area contributed by atoms with Crippen molar-refractivity contribution < 1.29 is 0 Å². The summed E-state index contributed by atoms with van der Waals surface area (Å²) in [6.07, 6.45) is 0. The number of rotatable bonds is 1. The molecule has 0 radical (unpaired) electrons. The Balaban J connectivity index is 2.29. The lowest BCUT2D eigenvalue weighted by Crippen LogP contribution is -2.14. The van der Waals surface area contributed by atoms with Crippen LogP contribution in [0.3, 0.4) is 0 Å². The van der Waals surface area contributed by atoms with Gasteiger partial charge >= 0.3 is 0 Å². The lowest BCUT2D eigenvalue weighted by molar-refractivity contribution is 0.791. The Morgan fingerprint density at radius 3 is 2.78 bits per heavy atom. The smallest absolute Gasteiger partial charge is 0.274 e. The molecule has 3 aromatic rings. The monoisotopic (exact) mass is 282 g/mol. The maximum atomic E-state index is 11.7. The minimum atomic E-state index is -0.186. The Morgan fingerprint density at radius 2 is 2.11 bits per heavy atom. The molecule has 0 fully saturated rings. The van der Waals surface area contributed by atoms with Crippen LogP contribution in [0.25, 0.3) is 17.0 Å². The van der Waals surface area contributed by atoms with Gasteiger partial charge in [-0.1, -0.05) is 23.2 Å². The Morgan fingerprint density at radius 1 is 1.33 bits per heavy atom. The Hall–Kier alpha value is -1.72. The van der Waals surface area contributed by atoms with Crippen LogP contribution in [-0.2, 0) is 0 Å². The molecular weight excluding hydrogens is 275 g/mol. The minimum Gasteiger partial charge on any atom is -0.322 e. The molecule has 0 spiro atoms. The quantitative estimate of drug-likeness (QED) is 0.721. The number of aromatic amines is 2. The van der Waals surface area contributed by atoms with Crippen molar-refractivity contribution in [2.45, 2.75) is 6.92 Å². The van der Waals surface area contributed by atoms with Gasteiger partial charge in [-0.15, -0.1) is 0 Å². The van der Waals surface area contributed by atoms with Crippen LogP contribution >= 0.6 is 23.2 Å². The summed E-state index contributed by atoms with van der Waals surface area (Å²) < 4.78 is 1.32. The number of benzene rings is 1. The van der Waals surface area contributed by atoms with Gasteiger partial charge in [-0.05, 0) is 19.1 Å². The Labute approximate surface area is 111 Å². The zero-order chi connectivity index (χ0) is 12.9. The summed E-state index contributed by atoms with van der Waals surface area (Å²) in [6, 6.07) is 4.93. The van der Waals surface area contributed by atoms with Crippen molar-refractivity contribution in [1.82, 2.24) is 19.7 Å². The predicted octanol–water partition coefficient (Wildman–Crippen LogP) is 2.66. The van der Waals surface area contributed by atoms with Crippen molar-refractivity contribution >= 4 is 34.2 Å². The molecule has 2 N–H and O–H groups in total. The van der Waals surface area contributed by atoms with E-state index in [0.717, 1.165) is 11.2 Å². The molecule has 1 aromatic carbocycles. The number of nitrogens with zero attached hydrogens (tertiary/aromatic N) is 2. The first-order valence-electron chi connectivity index (χ1n) is 5.19. The largest absolute Gasteiger partial charge is 0.322 e. The molecule has 0 saturated heterocycles. The zero-order valence-electron chi connectivity index (χ0n) is 9.29. The normalized spacial score (nSPS) is 11.3. The number of hydrogen-bond acceptors (Lipinski definition) is 2. The number of hydrogen-bond donors (Lipinski definition) is 2. The molecule has 18 heavy (non-hydrogen) atoms. The first-order chi connectivity index (χ1) is 8.56. The maximum Gasteiger partial charge on any atom is 0.274 e. The van der Waals surface area contributed by atoms with E-state index >= 15 is 0 Å². The summed E-state index contributed by atoms with van der Waals surface area (Å²) in [7, 11) is 0. The fourth-order valence-corrected chi connectivity index (χ4v) is 2.14. The third kappa shape index (κ3) is 1.63. The van der Waals surface area contributed by atoms with Gasteiger partial charge in [0, 0.05) is 11.8 Å². The second kappa shape index (κ2) is 3.90. The summed E-state index contributed by atoms with van der Waals surface area (Å²) >= 11 is 12.0. The summed E-state index contributed by atoms with van der Waals surface area (Å²) in [5.41, 5.74) is 1.83. The molecule has 0 saturated carbocycles. The molecule has 0 aliphatic carbocycles. The van der Waals surface area contributed by atoms with E-state index in [4.69, 9.17) is 23.2 Å². The van der Waals surface area contributed by atoms with E-state index in [-0.39, 0.29) is 5.56 Å². The van der Waals surface area contributed by atoms with Gasteiger partial charge < -0.3 is 4.98 Å². The van der Waals surface area contributed by atoms with Crippen molar-refractivity contribution in [3.63, 3.8) is 0 Å². The van der Waals surface area contributed by atoms with E-state index in [1.807, 2.05) is 0 Å². The molecule has 5 nitrogen and oxygen atoms in total. The van der Waals surface area contributed by atoms with Crippen LogP contribution in [0.2, 0.25) is 10.0 Å². The molecule has 2 heterocycles. The average molecular weight is 283 g/mol. The summed E-state index contributed by atoms with van der Waals surface area (Å²) in [5, 5.41) is 3.69. The molecule has 0 aliphatic rings. The highest BCUT2D eigenvalue weighted by atomic mass is 35.5. The predicted molar refractivity (Wildman–Crippen MR) is 70.8 cm³/mol. The van der Waals surface area contributed by atoms with Crippen LogP contribution in [0.5, 0.6) is 0 Å². The maximum absolute atomic E-state index is 11.7. The number of nitrogens with one attached hydrogen (secondary N) is 2. The number of aromatic nitrogens is 4. The lowest BCUT2D eigenvalue weighted by Gasteiger charge is -1.94. The van der Waals surface area contributed by atoms with Crippen LogP contribution < -0.4 is 5.56 Å². The standard InChI is InChI=1S/C11H8Cl2N4O/c1-5-4-8(18)17(16-5)11-14-7-3-2-6(12)9(13)10(7)15-11/h2-4,16H,1H3,(H,14,15). The SMILES string of the molecule is Cc1cc(=O)n(-c2nc3c(Cl)c(Cl)ccc3[nH]2)[nH]1. The van der Waals surface area contributed by atoms with E-state index < -0.39 is 0 Å². The number of H-pyrrole nitrogens is 2. The van der Waals surface area contributed by atoms with E-state index in [9.17, 15) is 4.79 Å². The fourth-order valence-electron chi connectivity index (χ4n) is 1.78. The molecule has 7 heteroatoms. The summed E-state index contributed by atoms with van der Waals surface area (Å²) in [5.74, 6) is 0.382. The van der Waals surface area contributed by atoms with E-state index in [1.54, 1.807) is 19.1 Å². The van der Waals surface area contributed by atoms with Crippen molar-refractivity contribution in [3.05, 3.63) is 44.3 Å². The van der Waals surface area contributed by atoms with Gasteiger partial charge in [-0.3, -0.25) is 9.89 Å². The average Bonchev–Trinajstić information content (AvgIpc) is 2.87. The highest BCUT2D eigenvalue weighted by Gasteiger charge is 2.12. The molecule has 0 aliphatic heterocycles.